The summed E-state index contributed by atoms with van der Waals surface area (Å²) >= 11 is 0. The Kier molecular flexibility index (Phi) is 5.85. The summed E-state index contributed by atoms with van der Waals surface area (Å²) in [7, 11) is 1.68. The lowest BCUT2D eigenvalue weighted by molar-refractivity contribution is 0.0947. The Hall–Kier alpha value is -1.29. The van der Waals surface area contributed by atoms with Crippen LogP contribution in [0.15, 0.2) is 6.07 Å². The molecule has 0 spiro atoms. The maximum atomic E-state index is 12.3. The highest BCUT2D eigenvalue weighted by atomic mass is 16.5. The number of nitrogens with one attached hydrogen (secondary N) is 1. The highest BCUT2D eigenvalue weighted by Crippen LogP contribution is 2.32. The zero-order valence-electron chi connectivity index (χ0n) is 13.6. The summed E-state index contributed by atoms with van der Waals surface area (Å²) < 4.78 is 7.38. The molecule has 1 aliphatic carbocycles. The lowest BCUT2D eigenvalue weighted by Crippen LogP contribution is -2.26. The average Bonchev–Trinajstić information content (AvgIpc) is 2.79. The van der Waals surface area contributed by atoms with Gasteiger partial charge in [-0.2, -0.15) is 0 Å². The van der Waals surface area contributed by atoms with Crippen molar-refractivity contribution in [3.63, 3.8) is 0 Å². The number of hydrogen-bond donors (Lipinski definition) is 1. The Morgan fingerprint density at radius 3 is 2.71 bits per heavy atom. The fourth-order valence-corrected chi connectivity index (χ4v) is 3.42. The van der Waals surface area contributed by atoms with Crippen molar-refractivity contribution in [1.29, 1.82) is 0 Å². The first-order valence-corrected chi connectivity index (χ1v) is 8.10. The second-order valence-corrected chi connectivity index (χ2v) is 6.05. The van der Waals surface area contributed by atoms with Crippen LogP contribution in [0.4, 0.5) is 0 Å². The number of aromatic nitrogens is 1. The second-order valence-electron chi connectivity index (χ2n) is 6.05. The molecule has 21 heavy (non-hydrogen) atoms. The summed E-state index contributed by atoms with van der Waals surface area (Å²) in [6.45, 7) is 5.54. The molecule has 4 heteroatoms. The molecule has 1 N–H and O–H groups in total. The number of amides is 1. The Balaban J connectivity index is 2.05. The number of rotatable bonds is 6. The molecule has 0 saturated heterocycles. The van der Waals surface area contributed by atoms with Crippen LogP contribution in [0.2, 0.25) is 0 Å². The van der Waals surface area contributed by atoms with Crippen LogP contribution in [0.5, 0.6) is 0 Å². The number of hydrogen-bond acceptors (Lipinski definition) is 2. The molecule has 1 saturated carbocycles. The number of methoxy groups -OCH3 is 1. The van der Waals surface area contributed by atoms with E-state index in [1.807, 2.05) is 6.07 Å². The number of nitrogens with zero attached hydrogens (tertiary/aromatic N) is 1. The molecule has 118 valence electrons. The summed E-state index contributed by atoms with van der Waals surface area (Å²) in [5.41, 5.74) is 3.15. The van der Waals surface area contributed by atoms with E-state index in [0.29, 0.717) is 19.2 Å². The smallest absolute Gasteiger partial charge is 0.253 e. The molecule has 0 radical (unpaired) electrons. The molecule has 1 aliphatic rings. The molecule has 0 unspecified atom stereocenters. The van der Waals surface area contributed by atoms with E-state index in [0.717, 1.165) is 17.7 Å². The van der Waals surface area contributed by atoms with E-state index in [4.69, 9.17) is 4.74 Å². The van der Waals surface area contributed by atoms with E-state index in [1.165, 1.54) is 37.8 Å². The van der Waals surface area contributed by atoms with E-state index < -0.39 is 0 Å². The second kappa shape index (κ2) is 7.64. The van der Waals surface area contributed by atoms with Crippen molar-refractivity contribution in [2.24, 2.45) is 0 Å². The topological polar surface area (TPSA) is 43.3 Å². The van der Waals surface area contributed by atoms with Gasteiger partial charge in [-0.05, 0) is 39.2 Å². The maximum Gasteiger partial charge on any atom is 0.253 e. The lowest BCUT2D eigenvalue weighted by atomic mass is 9.95. The summed E-state index contributed by atoms with van der Waals surface area (Å²) in [5, 5.41) is 2.99. The molecule has 0 atom stereocenters. The summed E-state index contributed by atoms with van der Waals surface area (Å²) in [6.07, 6.45) is 7.30. The van der Waals surface area contributed by atoms with Gasteiger partial charge in [-0.15, -0.1) is 0 Å². The summed E-state index contributed by atoms with van der Waals surface area (Å²) in [5.74, 6) is 0.0428. The van der Waals surface area contributed by atoms with Crippen LogP contribution in [-0.4, -0.2) is 30.7 Å². The monoisotopic (exact) mass is 292 g/mol. The van der Waals surface area contributed by atoms with Gasteiger partial charge in [0, 0.05) is 37.7 Å². The normalized spacial score (nSPS) is 16.1. The number of carbonyl (C=O) groups excluding carboxylic acids is 1. The van der Waals surface area contributed by atoms with Crippen LogP contribution in [0, 0.1) is 13.8 Å². The largest absolute Gasteiger partial charge is 0.385 e. The summed E-state index contributed by atoms with van der Waals surface area (Å²) in [6, 6.07) is 2.61. The van der Waals surface area contributed by atoms with Crippen molar-refractivity contribution in [1.82, 2.24) is 9.88 Å². The highest BCUT2D eigenvalue weighted by molar-refractivity contribution is 5.95. The van der Waals surface area contributed by atoms with Gasteiger partial charge in [-0.1, -0.05) is 19.3 Å². The standard InChI is InChI=1S/C17H28N2O2/c1-13-12-16(17(20)18-10-7-11-21-3)14(2)19(13)15-8-5-4-6-9-15/h12,15H,4-11H2,1-3H3,(H,18,20). The van der Waals surface area contributed by atoms with Crippen LogP contribution in [0.3, 0.4) is 0 Å². The van der Waals surface area contributed by atoms with Crippen molar-refractivity contribution in [2.45, 2.75) is 58.4 Å². The van der Waals surface area contributed by atoms with Crippen molar-refractivity contribution in [3.8, 4) is 0 Å². The van der Waals surface area contributed by atoms with Crippen molar-refractivity contribution < 1.29 is 9.53 Å². The third-order valence-corrected chi connectivity index (χ3v) is 4.48. The Labute approximate surface area is 127 Å². The quantitative estimate of drug-likeness (QED) is 0.817. The fourth-order valence-electron chi connectivity index (χ4n) is 3.42. The molecule has 1 amide bonds. The molecule has 1 fully saturated rings. The number of aryl methyl sites for hydroxylation is 1. The Bertz CT molecular complexity index is 473. The zero-order valence-corrected chi connectivity index (χ0v) is 13.6. The molecule has 0 bridgehead atoms. The van der Waals surface area contributed by atoms with Gasteiger partial charge in [0.1, 0.15) is 0 Å². The minimum atomic E-state index is 0.0428. The highest BCUT2D eigenvalue weighted by Gasteiger charge is 2.22. The van der Waals surface area contributed by atoms with Gasteiger partial charge < -0.3 is 14.6 Å². The van der Waals surface area contributed by atoms with Gasteiger partial charge in [0.15, 0.2) is 0 Å². The molecule has 4 nitrogen and oxygen atoms in total. The van der Waals surface area contributed by atoms with Gasteiger partial charge in [0.25, 0.3) is 5.91 Å². The van der Waals surface area contributed by atoms with Gasteiger partial charge in [0.05, 0.1) is 5.56 Å². The predicted molar refractivity (Wildman–Crippen MR) is 84.9 cm³/mol. The van der Waals surface area contributed by atoms with Gasteiger partial charge >= 0.3 is 0 Å². The van der Waals surface area contributed by atoms with Gasteiger partial charge in [0.2, 0.25) is 0 Å². The van der Waals surface area contributed by atoms with Crippen molar-refractivity contribution in [3.05, 3.63) is 23.0 Å². The molecule has 2 rings (SSSR count). The first-order chi connectivity index (χ1) is 10.1. The number of ether oxygens (including phenoxy) is 1. The molecule has 0 aliphatic heterocycles. The summed E-state index contributed by atoms with van der Waals surface area (Å²) in [4.78, 5) is 12.3. The Morgan fingerprint density at radius 1 is 1.33 bits per heavy atom. The first kappa shape index (κ1) is 16.1. The average molecular weight is 292 g/mol. The SMILES string of the molecule is COCCCNC(=O)c1cc(C)n(C2CCCCC2)c1C. The van der Waals surface area contributed by atoms with Gasteiger partial charge in [-0.3, -0.25) is 4.79 Å². The van der Waals surface area contributed by atoms with E-state index >= 15 is 0 Å². The molecule has 1 aromatic rings. The zero-order chi connectivity index (χ0) is 15.2. The van der Waals surface area contributed by atoms with E-state index in [-0.39, 0.29) is 5.91 Å². The molecular formula is C17H28N2O2. The van der Waals surface area contributed by atoms with E-state index in [1.54, 1.807) is 7.11 Å². The number of carbonyl (C=O) groups is 1. The van der Waals surface area contributed by atoms with E-state index in [2.05, 4.69) is 23.7 Å². The fraction of sp³-hybridized carbons (Fsp3) is 0.706. The third-order valence-electron chi connectivity index (χ3n) is 4.48. The van der Waals surface area contributed by atoms with Crippen molar-refractivity contribution >= 4 is 5.91 Å². The molecule has 0 aromatic carbocycles. The predicted octanol–water partition coefficient (Wildman–Crippen LogP) is 3.38. The van der Waals surface area contributed by atoms with Gasteiger partial charge in [-0.25, -0.2) is 0 Å². The molecule has 1 heterocycles. The van der Waals surface area contributed by atoms with E-state index in [9.17, 15) is 4.79 Å². The van der Waals surface area contributed by atoms with Crippen LogP contribution in [0.25, 0.3) is 0 Å². The van der Waals surface area contributed by atoms with Crippen LogP contribution in [-0.2, 0) is 4.74 Å². The van der Waals surface area contributed by atoms with Crippen molar-refractivity contribution in [2.75, 3.05) is 20.3 Å². The molecular weight excluding hydrogens is 264 g/mol. The maximum absolute atomic E-state index is 12.3. The minimum absolute atomic E-state index is 0.0428. The van der Waals surface area contributed by atoms with Crippen LogP contribution < -0.4 is 5.32 Å². The van der Waals surface area contributed by atoms with Crippen LogP contribution >= 0.6 is 0 Å². The Morgan fingerprint density at radius 2 is 2.05 bits per heavy atom. The van der Waals surface area contributed by atoms with Crippen LogP contribution in [0.1, 0.15) is 66.3 Å². The minimum Gasteiger partial charge on any atom is -0.385 e. The first-order valence-electron chi connectivity index (χ1n) is 8.10. The molecule has 1 aromatic heterocycles. The third kappa shape index (κ3) is 3.88. The lowest BCUT2D eigenvalue weighted by Gasteiger charge is -2.26.